The molecule has 2 aromatic heterocycles. The van der Waals surface area contributed by atoms with Gasteiger partial charge >= 0.3 is 0 Å². The normalized spacial score (nSPS) is 13.2. The third kappa shape index (κ3) is 4.95. The van der Waals surface area contributed by atoms with E-state index in [9.17, 15) is 4.79 Å². The first-order valence-corrected chi connectivity index (χ1v) is 11.8. The summed E-state index contributed by atoms with van der Waals surface area (Å²) >= 11 is 2.79. The molecule has 1 aliphatic rings. The molecule has 0 saturated heterocycles. The molecule has 0 unspecified atom stereocenters. The minimum absolute atomic E-state index is 0.0998. The van der Waals surface area contributed by atoms with Crippen LogP contribution in [-0.4, -0.2) is 31.6 Å². The highest BCUT2D eigenvalue weighted by molar-refractivity contribution is 8.01. The van der Waals surface area contributed by atoms with E-state index in [2.05, 4.69) is 20.8 Å². The molecule has 0 bridgehead atoms. The van der Waals surface area contributed by atoms with Crippen molar-refractivity contribution in [2.24, 2.45) is 0 Å². The fraction of sp³-hybridized carbons (Fsp3) is 0.182. The van der Waals surface area contributed by atoms with Crippen LogP contribution in [0.4, 0.5) is 16.6 Å². The van der Waals surface area contributed by atoms with Gasteiger partial charge in [0, 0.05) is 17.7 Å². The molecule has 1 fully saturated rings. The van der Waals surface area contributed by atoms with Gasteiger partial charge in [-0.15, -0.1) is 10.2 Å². The van der Waals surface area contributed by atoms with E-state index in [1.807, 2.05) is 71.4 Å². The Bertz CT molecular complexity index is 1170. The summed E-state index contributed by atoms with van der Waals surface area (Å²) in [5.41, 5.74) is 2.92. The second kappa shape index (κ2) is 8.91. The van der Waals surface area contributed by atoms with Crippen molar-refractivity contribution in [1.29, 1.82) is 0 Å². The molecule has 0 spiro atoms. The minimum Gasteiger partial charge on any atom is -0.330 e. The third-order valence-electron chi connectivity index (χ3n) is 4.75. The Labute approximate surface area is 187 Å². The fourth-order valence-electron chi connectivity index (χ4n) is 3.10. The number of para-hydroxylation sites is 2. The molecule has 1 aliphatic carbocycles. The zero-order valence-electron chi connectivity index (χ0n) is 16.6. The predicted molar refractivity (Wildman–Crippen MR) is 125 cm³/mol. The lowest BCUT2D eigenvalue weighted by atomic mass is 10.3. The highest BCUT2D eigenvalue weighted by Gasteiger charge is 2.28. The van der Waals surface area contributed by atoms with E-state index in [1.54, 1.807) is 0 Å². The quantitative estimate of drug-likeness (QED) is 0.366. The molecule has 2 N–H and O–H groups in total. The molecule has 1 amide bonds. The van der Waals surface area contributed by atoms with E-state index < -0.39 is 0 Å². The monoisotopic (exact) mass is 448 g/mol. The van der Waals surface area contributed by atoms with E-state index >= 15 is 0 Å². The van der Waals surface area contributed by atoms with Crippen molar-refractivity contribution < 1.29 is 4.79 Å². The molecule has 9 heteroatoms. The fourth-order valence-corrected chi connectivity index (χ4v) is 4.68. The van der Waals surface area contributed by atoms with E-state index in [0.29, 0.717) is 16.9 Å². The van der Waals surface area contributed by atoms with E-state index in [4.69, 9.17) is 5.10 Å². The summed E-state index contributed by atoms with van der Waals surface area (Å²) < 4.78 is 2.55. The van der Waals surface area contributed by atoms with Crippen molar-refractivity contribution in [3.05, 3.63) is 72.4 Å². The van der Waals surface area contributed by atoms with Crippen LogP contribution in [0.3, 0.4) is 0 Å². The lowest BCUT2D eigenvalue weighted by molar-refractivity contribution is -0.113. The smallest absolute Gasteiger partial charge is 0.235 e. The largest absolute Gasteiger partial charge is 0.330 e. The van der Waals surface area contributed by atoms with Crippen LogP contribution in [0.25, 0.3) is 5.69 Å². The number of carbonyl (C=O) groups excluding carboxylic acids is 1. The molecule has 0 aliphatic heterocycles. The number of aromatic nitrogens is 4. The molecule has 4 aromatic rings. The minimum atomic E-state index is -0.0998. The van der Waals surface area contributed by atoms with Crippen molar-refractivity contribution in [3.8, 4) is 5.69 Å². The Morgan fingerprint density at radius 1 is 1.06 bits per heavy atom. The molecule has 7 nitrogen and oxygen atoms in total. The number of amides is 1. The summed E-state index contributed by atoms with van der Waals surface area (Å²) in [6.45, 7) is 0. The van der Waals surface area contributed by atoms with Crippen molar-refractivity contribution >= 4 is 45.6 Å². The summed E-state index contributed by atoms with van der Waals surface area (Å²) in [7, 11) is 0. The Hall–Kier alpha value is -3.17. The number of anilines is 3. The number of hydrogen-bond donors (Lipinski definition) is 2. The number of thioether (sulfide) groups is 1. The van der Waals surface area contributed by atoms with Crippen LogP contribution in [0.15, 0.2) is 71.1 Å². The van der Waals surface area contributed by atoms with Crippen LogP contribution in [-0.2, 0) is 4.79 Å². The number of nitrogens with zero attached hydrogens (tertiary/aromatic N) is 4. The Kier molecular flexibility index (Phi) is 5.68. The molecule has 2 aromatic carbocycles. The second-order valence-corrected chi connectivity index (χ2v) is 9.38. The summed E-state index contributed by atoms with van der Waals surface area (Å²) in [6, 6.07) is 21.7. The van der Waals surface area contributed by atoms with E-state index in [1.165, 1.54) is 23.1 Å². The van der Waals surface area contributed by atoms with Gasteiger partial charge in [0.1, 0.15) is 5.82 Å². The van der Waals surface area contributed by atoms with Gasteiger partial charge in [0.05, 0.1) is 17.1 Å². The van der Waals surface area contributed by atoms with Gasteiger partial charge in [0.25, 0.3) is 0 Å². The molecule has 5 rings (SSSR count). The summed E-state index contributed by atoms with van der Waals surface area (Å²) in [4.78, 5) is 12.6. The van der Waals surface area contributed by atoms with Crippen LogP contribution in [0.1, 0.15) is 24.5 Å². The van der Waals surface area contributed by atoms with Crippen LogP contribution >= 0.6 is 23.1 Å². The van der Waals surface area contributed by atoms with Gasteiger partial charge in [-0.25, -0.2) is 4.68 Å². The van der Waals surface area contributed by atoms with E-state index in [-0.39, 0.29) is 11.7 Å². The molecule has 156 valence electrons. The van der Waals surface area contributed by atoms with Gasteiger partial charge in [0.15, 0.2) is 4.34 Å². The highest BCUT2D eigenvalue weighted by Crippen LogP contribution is 2.40. The van der Waals surface area contributed by atoms with Crippen molar-refractivity contribution in [1.82, 2.24) is 20.0 Å². The first kappa shape index (κ1) is 19.8. The van der Waals surface area contributed by atoms with Crippen LogP contribution in [0.2, 0.25) is 0 Å². The second-order valence-electron chi connectivity index (χ2n) is 7.18. The summed E-state index contributed by atoms with van der Waals surface area (Å²) in [6.07, 6.45) is 2.32. The SMILES string of the molecule is O=C(CSc1nnc(Nc2ccccc2)s1)Nc1cc(C2CC2)nn1-c1ccccc1. The maximum Gasteiger partial charge on any atom is 0.235 e. The van der Waals surface area contributed by atoms with Gasteiger partial charge in [0.2, 0.25) is 11.0 Å². The summed E-state index contributed by atoms with van der Waals surface area (Å²) in [5, 5.41) is 20.0. The molecular weight excluding hydrogens is 428 g/mol. The zero-order chi connectivity index (χ0) is 21.0. The average molecular weight is 449 g/mol. The number of benzene rings is 2. The maximum atomic E-state index is 12.6. The van der Waals surface area contributed by atoms with Crippen molar-refractivity contribution in [2.45, 2.75) is 23.1 Å². The average Bonchev–Trinajstić information content (AvgIpc) is 3.42. The Morgan fingerprint density at radius 2 is 1.81 bits per heavy atom. The number of nitrogens with one attached hydrogen (secondary N) is 2. The molecule has 0 radical (unpaired) electrons. The highest BCUT2D eigenvalue weighted by atomic mass is 32.2. The zero-order valence-corrected chi connectivity index (χ0v) is 18.2. The van der Waals surface area contributed by atoms with Crippen LogP contribution in [0, 0.1) is 0 Å². The number of rotatable bonds is 8. The first-order chi connectivity index (χ1) is 15.2. The van der Waals surface area contributed by atoms with Crippen LogP contribution in [0.5, 0.6) is 0 Å². The standard InChI is InChI=1S/C22H20N6OS2/c29-20(14-30-22-26-25-21(31-22)23-16-7-3-1-4-8-16)24-19-13-18(15-11-12-15)27-28(19)17-9-5-2-6-10-17/h1-10,13,15H,11-12,14H2,(H,23,25)(H,24,29). The van der Waals surface area contributed by atoms with Gasteiger partial charge in [-0.1, -0.05) is 59.5 Å². The van der Waals surface area contributed by atoms with Gasteiger partial charge < -0.3 is 10.6 Å². The lowest BCUT2D eigenvalue weighted by Gasteiger charge is -2.08. The maximum absolute atomic E-state index is 12.6. The lowest BCUT2D eigenvalue weighted by Crippen LogP contribution is -2.16. The van der Waals surface area contributed by atoms with Crippen molar-refractivity contribution in [3.63, 3.8) is 0 Å². The first-order valence-electron chi connectivity index (χ1n) is 9.98. The number of carbonyl (C=O) groups is 1. The van der Waals surface area contributed by atoms with Gasteiger partial charge in [-0.05, 0) is 37.1 Å². The third-order valence-corrected chi connectivity index (χ3v) is 6.72. The van der Waals surface area contributed by atoms with Gasteiger partial charge in [-0.3, -0.25) is 4.79 Å². The van der Waals surface area contributed by atoms with Crippen LogP contribution < -0.4 is 10.6 Å². The topological polar surface area (TPSA) is 84.7 Å². The Balaban J connectivity index is 1.22. The molecule has 1 saturated carbocycles. The molecule has 0 atom stereocenters. The summed E-state index contributed by atoms with van der Waals surface area (Å²) in [5.74, 6) is 1.35. The Morgan fingerprint density at radius 3 is 2.55 bits per heavy atom. The van der Waals surface area contributed by atoms with E-state index in [0.717, 1.165) is 34.2 Å². The predicted octanol–water partition coefficient (Wildman–Crippen LogP) is 5.08. The van der Waals surface area contributed by atoms with Gasteiger partial charge in [-0.2, -0.15) is 5.10 Å². The molecule has 2 heterocycles. The molecular formula is C22H20N6OS2. The number of hydrogen-bond acceptors (Lipinski definition) is 7. The van der Waals surface area contributed by atoms with Crippen molar-refractivity contribution in [2.75, 3.05) is 16.4 Å². The molecule has 31 heavy (non-hydrogen) atoms.